The van der Waals surface area contributed by atoms with Crippen LogP contribution >= 0.6 is 7.37 Å². The second-order valence-electron chi connectivity index (χ2n) is 9.44. The summed E-state index contributed by atoms with van der Waals surface area (Å²) in [5.74, 6) is -0.548. The number of nitrogens with zero attached hydrogens (tertiary/aromatic N) is 1. The van der Waals surface area contributed by atoms with Gasteiger partial charge in [-0.15, -0.1) is 0 Å². The number of likely N-dealkylation sites (tertiary alicyclic amines) is 1. The van der Waals surface area contributed by atoms with Crippen LogP contribution in [0.25, 0.3) is 0 Å². The summed E-state index contributed by atoms with van der Waals surface area (Å²) in [5, 5.41) is 9.95. The molecule has 34 heavy (non-hydrogen) atoms. The van der Waals surface area contributed by atoms with Gasteiger partial charge in [-0.25, -0.2) is 4.79 Å². The summed E-state index contributed by atoms with van der Waals surface area (Å²) in [5.41, 5.74) is 0.444. The molecule has 1 N–H and O–H groups in total. The lowest BCUT2D eigenvalue weighted by Crippen LogP contribution is -2.59. The zero-order chi connectivity index (χ0) is 25.2. The van der Waals surface area contributed by atoms with Crippen LogP contribution in [0.4, 0.5) is 4.79 Å². The Bertz CT molecular complexity index is 873. The van der Waals surface area contributed by atoms with Gasteiger partial charge in [-0.05, 0) is 38.7 Å². The zero-order valence-corrected chi connectivity index (χ0v) is 21.8. The molecule has 1 aromatic carbocycles. The third-order valence-electron chi connectivity index (χ3n) is 7.06. The Balaban J connectivity index is 2.30. The lowest BCUT2D eigenvalue weighted by molar-refractivity contribution is -0.791. The number of carboxylic acid groups (broad SMARTS) is 1. The number of Topliss-reactive ketones (excluding diaryl/α,β-unsaturated/α-hetero) is 1. The Labute approximate surface area is 203 Å². The lowest BCUT2D eigenvalue weighted by Gasteiger charge is -2.33. The molecule has 1 aliphatic heterocycles. The highest BCUT2D eigenvalue weighted by Gasteiger charge is 2.55. The van der Waals surface area contributed by atoms with Gasteiger partial charge in [-0.3, -0.25) is 9.36 Å². The molecule has 1 aromatic rings. The van der Waals surface area contributed by atoms with Crippen molar-refractivity contribution >= 4 is 25.2 Å². The van der Waals surface area contributed by atoms with E-state index in [4.69, 9.17) is 4.52 Å². The molecule has 4 atom stereocenters. The molecular weight excluding hydrogens is 453 g/mol. The van der Waals surface area contributed by atoms with Crippen molar-refractivity contribution < 1.29 is 33.1 Å². The van der Waals surface area contributed by atoms with Gasteiger partial charge in [0.25, 0.3) is 0 Å². The van der Waals surface area contributed by atoms with Crippen LogP contribution in [0, 0.1) is 0 Å². The first-order chi connectivity index (χ1) is 16.2. The number of carbonyl (C=O) groups is 3. The molecule has 2 rings (SSSR count). The summed E-state index contributed by atoms with van der Waals surface area (Å²) in [6.07, 6.45) is 3.91. The minimum atomic E-state index is -3.63. The minimum Gasteiger partial charge on any atom is -0.435 e. The van der Waals surface area contributed by atoms with E-state index in [0.717, 1.165) is 24.8 Å². The highest BCUT2D eigenvalue weighted by molar-refractivity contribution is 7.60. The first kappa shape index (κ1) is 28.4. The third-order valence-corrected chi connectivity index (χ3v) is 10.0. The lowest BCUT2D eigenvalue weighted by atomic mass is 10.0. The third kappa shape index (κ3) is 7.10. The molecule has 8 heteroatoms. The average molecular weight is 495 g/mol. The van der Waals surface area contributed by atoms with Crippen molar-refractivity contribution in [3.05, 3.63) is 35.9 Å². The summed E-state index contributed by atoms with van der Waals surface area (Å²) in [6.45, 7) is 5.89. The number of amides is 2. The zero-order valence-electron chi connectivity index (χ0n) is 20.9. The van der Waals surface area contributed by atoms with E-state index < -0.39 is 35.7 Å². The van der Waals surface area contributed by atoms with Crippen LogP contribution in [0.15, 0.2) is 30.3 Å². The van der Waals surface area contributed by atoms with Gasteiger partial charge in [0.05, 0.1) is 13.2 Å². The van der Waals surface area contributed by atoms with E-state index in [9.17, 15) is 24.1 Å². The molecule has 1 fully saturated rings. The average Bonchev–Trinajstić information content (AvgIpc) is 3.20. The molecule has 1 heterocycles. The van der Waals surface area contributed by atoms with Crippen molar-refractivity contribution in [3.63, 3.8) is 0 Å². The maximum Gasteiger partial charge on any atom is 0.521 e. The maximum absolute atomic E-state index is 14.2. The maximum atomic E-state index is 14.2. The van der Waals surface area contributed by atoms with Crippen molar-refractivity contribution in [2.24, 2.45) is 0 Å². The van der Waals surface area contributed by atoms with Crippen LogP contribution in [0.3, 0.4) is 0 Å². The number of imide groups is 1. The van der Waals surface area contributed by atoms with Gasteiger partial charge in [0, 0.05) is 31.3 Å². The van der Waals surface area contributed by atoms with E-state index in [1.165, 1.54) is 0 Å². The molecule has 0 saturated carbocycles. The first-order valence-electron chi connectivity index (χ1n) is 12.6. The number of hydrogen-bond acceptors (Lipinski definition) is 5. The Hall–Kier alpha value is -1.82. The van der Waals surface area contributed by atoms with Gasteiger partial charge in [0.15, 0.2) is 0 Å². The monoisotopic (exact) mass is 494 g/mol. The first-order valence-corrected chi connectivity index (χ1v) is 14.5. The molecular formula is C26H41NO6P+. The molecule has 0 aliphatic carbocycles. The van der Waals surface area contributed by atoms with Crippen molar-refractivity contribution in [2.75, 3.05) is 19.3 Å². The Kier molecular flexibility index (Phi) is 11.1. The topological polar surface area (TPSA) is 97.7 Å². The van der Waals surface area contributed by atoms with Gasteiger partial charge in [0.1, 0.15) is 18.0 Å². The Morgan fingerprint density at radius 1 is 1.18 bits per heavy atom. The van der Waals surface area contributed by atoms with Crippen molar-refractivity contribution in [3.8, 4) is 0 Å². The molecule has 7 nitrogen and oxygen atoms in total. The number of carbonyl (C=O) groups excluding carboxylic acids is 2. The normalized spacial score (nSPS) is 22.7. The molecule has 2 amide bonds. The highest BCUT2D eigenvalue weighted by atomic mass is 31.2. The van der Waals surface area contributed by atoms with Crippen LogP contribution in [0.5, 0.6) is 0 Å². The summed E-state index contributed by atoms with van der Waals surface area (Å²) < 4.78 is 19.3. The molecule has 0 radical (unpaired) electrons. The largest absolute Gasteiger partial charge is 0.521 e. The number of unbranched alkanes of at least 4 members (excludes halogenated alkanes) is 2. The van der Waals surface area contributed by atoms with E-state index in [-0.39, 0.29) is 31.4 Å². The second-order valence-corrected chi connectivity index (χ2v) is 12.2. The number of rotatable bonds is 14. The number of hydrogen-bond donors (Lipinski definition) is 1. The van der Waals surface area contributed by atoms with Gasteiger partial charge in [-0.2, -0.15) is 9.28 Å². The van der Waals surface area contributed by atoms with E-state index in [0.29, 0.717) is 32.1 Å². The number of aryl methyl sites for hydroxylation is 1. The minimum absolute atomic E-state index is 0.0237. The van der Waals surface area contributed by atoms with Crippen molar-refractivity contribution in [1.82, 2.24) is 0 Å². The SMILES string of the molecule is CCCCCC(=O)CC(CCc1ccccc1)P(=O)(CC(=O)[N+]1(C(=O)O)CCC[C@H]1C)OCC. The van der Waals surface area contributed by atoms with Crippen LogP contribution in [-0.4, -0.2) is 58.4 Å². The quantitative estimate of drug-likeness (QED) is 0.192. The van der Waals surface area contributed by atoms with Crippen LogP contribution in [0.2, 0.25) is 0 Å². The molecule has 0 spiro atoms. The predicted molar refractivity (Wildman–Crippen MR) is 133 cm³/mol. The summed E-state index contributed by atoms with van der Waals surface area (Å²) in [7, 11) is -3.63. The van der Waals surface area contributed by atoms with Crippen LogP contribution in [0.1, 0.15) is 77.7 Å². The molecule has 0 bridgehead atoms. The van der Waals surface area contributed by atoms with Gasteiger partial charge in [-0.1, -0.05) is 50.1 Å². The van der Waals surface area contributed by atoms with Gasteiger partial charge >= 0.3 is 12.0 Å². The van der Waals surface area contributed by atoms with Gasteiger partial charge in [0.2, 0.25) is 7.37 Å². The molecule has 190 valence electrons. The Morgan fingerprint density at radius 2 is 1.88 bits per heavy atom. The smallest absolute Gasteiger partial charge is 0.435 e. The number of quaternary nitrogens is 1. The highest BCUT2D eigenvalue weighted by Crippen LogP contribution is 2.55. The summed E-state index contributed by atoms with van der Waals surface area (Å²) >= 11 is 0. The summed E-state index contributed by atoms with van der Waals surface area (Å²) in [4.78, 5) is 38.4. The fraction of sp³-hybridized carbons (Fsp3) is 0.654. The molecule has 0 aromatic heterocycles. The molecule has 3 unspecified atom stereocenters. The Morgan fingerprint density at radius 3 is 2.44 bits per heavy atom. The van der Waals surface area contributed by atoms with E-state index in [2.05, 4.69) is 6.92 Å². The van der Waals surface area contributed by atoms with E-state index in [1.54, 1.807) is 13.8 Å². The van der Waals surface area contributed by atoms with Crippen molar-refractivity contribution in [1.29, 1.82) is 0 Å². The van der Waals surface area contributed by atoms with Gasteiger partial charge < -0.3 is 9.63 Å². The number of benzene rings is 1. The standard InChI is InChI=1S/C26H40NO6P/c1-4-6-8-15-23(28)19-24(17-16-22-13-9-7-10-14-22)34(32,33-5-2)20-25(29)27(26(30)31)18-11-12-21(27)3/h7,9-10,13-14,21,24H,4-6,8,11-12,15-20H2,1-3H3/p+1/t21-,24?,27?,34?/m1/s1. The fourth-order valence-corrected chi connectivity index (χ4v) is 7.64. The van der Waals surface area contributed by atoms with E-state index >= 15 is 0 Å². The molecule has 1 saturated heterocycles. The fourth-order valence-electron chi connectivity index (χ4n) is 5.00. The van der Waals surface area contributed by atoms with E-state index in [1.807, 2.05) is 30.3 Å². The van der Waals surface area contributed by atoms with Crippen molar-refractivity contribution in [2.45, 2.75) is 90.3 Å². The number of ketones is 1. The molecule has 1 aliphatic rings. The van der Waals surface area contributed by atoms with Crippen LogP contribution in [-0.2, 0) is 25.1 Å². The summed E-state index contributed by atoms with van der Waals surface area (Å²) in [6, 6.07) is 9.37. The van der Waals surface area contributed by atoms with Crippen LogP contribution < -0.4 is 0 Å². The predicted octanol–water partition coefficient (Wildman–Crippen LogP) is 6.05. The second kappa shape index (κ2) is 13.3.